The minimum Gasteiger partial charge on any atom is -0.369 e. The summed E-state index contributed by atoms with van der Waals surface area (Å²) in [6.45, 7) is 0.657. The smallest absolute Gasteiger partial charge is 0.201 e. The fraction of sp³-hybridized carbons (Fsp3) is 0.0714. The van der Waals surface area contributed by atoms with Gasteiger partial charge in [0.25, 0.3) is 0 Å². The Hall–Kier alpha value is -1.52. The fourth-order valence-electron chi connectivity index (χ4n) is 2.11. The summed E-state index contributed by atoms with van der Waals surface area (Å²) in [5.74, 6) is 0.507. The zero-order valence-corrected chi connectivity index (χ0v) is 12.3. The maximum atomic E-state index is 6.00. The van der Waals surface area contributed by atoms with Gasteiger partial charge in [0, 0.05) is 9.50 Å². The van der Waals surface area contributed by atoms with Crippen molar-refractivity contribution < 1.29 is 0 Å². The number of nitrogens with zero attached hydrogens (tertiary/aromatic N) is 2. The summed E-state index contributed by atoms with van der Waals surface area (Å²) < 4.78 is 2.97. The molecule has 0 bridgehead atoms. The number of fused-ring (bicyclic) bond motifs is 1. The minimum absolute atomic E-state index is 0.507. The van der Waals surface area contributed by atoms with Crippen LogP contribution in [0.1, 0.15) is 5.56 Å². The Morgan fingerprint density at radius 3 is 2.84 bits per heavy atom. The Balaban J connectivity index is 2.07. The third kappa shape index (κ3) is 2.46. The van der Waals surface area contributed by atoms with Gasteiger partial charge in [0.05, 0.1) is 17.6 Å². The quantitative estimate of drug-likeness (QED) is 0.766. The van der Waals surface area contributed by atoms with Crippen molar-refractivity contribution in [3.8, 4) is 0 Å². The van der Waals surface area contributed by atoms with Crippen LogP contribution in [0.3, 0.4) is 0 Å². The molecule has 0 fully saturated rings. The first-order chi connectivity index (χ1) is 9.13. The lowest BCUT2D eigenvalue weighted by Crippen LogP contribution is -2.04. The van der Waals surface area contributed by atoms with Gasteiger partial charge in [-0.25, -0.2) is 4.98 Å². The van der Waals surface area contributed by atoms with E-state index in [4.69, 9.17) is 17.3 Å². The van der Waals surface area contributed by atoms with Crippen LogP contribution in [0.25, 0.3) is 11.0 Å². The minimum atomic E-state index is 0.507. The van der Waals surface area contributed by atoms with Crippen molar-refractivity contribution in [2.24, 2.45) is 0 Å². The van der Waals surface area contributed by atoms with Crippen LogP contribution in [0.2, 0.25) is 5.02 Å². The van der Waals surface area contributed by atoms with Gasteiger partial charge in [0.1, 0.15) is 0 Å². The molecule has 3 rings (SSSR count). The average molecular weight is 337 g/mol. The number of imidazole rings is 1. The van der Waals surface area contributed by atoms with Crippen LogP contribution >= 0.6 is 27.5 Å². The average Bonchev–Trinajstić information content (AvgIpc) is 2.65. The molecule has 0 atom stereocenters. The van der Waals surface area contributed by atoms with Crippen molar-refractivity contribution in [2.45, 2.75) is 6.54 Å². The van der Waals surface area contributed by atoms with Crippen LogP contribution in [-0.4, -0.2) is 9.55 Å². The summed E-state index contributed by atoms with van der Waals surface area (Å²) in [5.41, 5.74) is 8.99. The second kappa shape index (κ2) is 4.87. The standard InChI is InChI=1S/C14H11BrClN3/c15-10-4-5-13-12(7-10)18-14(17)19(13)8-9-2-1-3-11(16)6-9/h1-7H,8H2,(H2,17,18). The molecule has 0 aliphatic rings. The number of nitrogens with two attached hydrogens (primary N) is 1. The Bertz CT molecular complexity index is 752. The zero-order valence-electron chi connectivity index (χ0n) is 9.98. The lowest BCUT2D eigenvalue weighted by molar-refractivity contribution is 0.838. The van der Waals surface area contributed by atoms with Crippen LogP contribution in [0, 0.1) is 0 Å². The van der Waals surface area contributed by atoms with Gasteiger partial charge in [0.2, 0.25) is 5.95 Å². The molecule has 3 nitrogen and oxygen atoms in total. The van der Waals surface area contributed by atoms with Gasteiger partial charge in [-0.1, -0.05) is 39.7 Å². The van der Waals surface area contributed by atoms with Crippen molar-refractivity contribution in [2.75, 3.05) is 5.73 Å². The molecule has 0 unspecified atom stereocenters. The molecule has 5 heteroatoms. The lowest BCUT2D eigenvalue weighted by atomic mass is 10.2. The van der Waals surface area contributed by atoms with Crippen molar-refractivity contribution in [3.05, 3.63) is 57.5 Å². The van der Waals surface area contributed by atoms with Crippen molar-refractivity contribution in [3.63, 3.8) is 0 Å². The SMILES string of the molecule is Nc1nc2cc(Br)ccc2n1Cc1cccc(Cl)c1. The van der Waals surface area contributed by atoms with E-state index in [1.54, 1.807) is 0 Å². The van der Waals surface area contributed by atoms with Crippen molar-refractivity contribution in [1.29, 1.82) is 0 Å². The highest BCUT2D eigenvalue weighted by molar-refractivity contribution is 9.10. The predicted octanol–water partition coefficient (Wildman–Crippen LogP) is 4.08. The Labute approximate surface area is 124 Å². The number of aromatic nitrogens is 2. The van der Waals surface area contributed by atoms with Crippen LogP contribution in [0.4, 0.5) is 5.95 Å². The van der Waals surface area contributed by atoms with Gasteiger partial charge >= 0.3 is 0 Å². The molecule has 0 aliphatic carbocycles. The number of anilines is 1. The van der Waals surface area contributed by atoms with E-state index >= 15 is 0 Å². The van der Waals surface area contributed by atoms with E-state index in [-0.39, 0.29) is 0 Å². The van der Waals surface area contributed by atoms with Crippen LogP contribution in [0.15, 0.2) is 46.9 Å². The molecule has 96 valence electrons. The first-order valence-electron chi connectivity index (χ1n) is 5.79. The van der Waals surface area contributed by atoms with Gasteiger partial charge in [-0.15, -0.1) is 0 Å². The summed E-state index contributed by atoms with van der Waals surface area (Å²) >= 11 is 9.44. The van der Waals surface area contributed by atoms with E-state index in [0.29, 0.717) is 12.5 Å². The molecule has 1 aromatic heterocycles. The van der Waals surface area contributed by atoms with Gasteiger partial charge in [-0.2, -0.15) is 0 Å². The van der Waals surface area contributed by atoms with Crippen molar-refractivity contribution >= 4 is 44.5 Å². The van der Waals surface area contributed by atoms with Gasteiger partial charge < -0.3 is 10.3 Å². The van der Waals surface area contributed by atoms with Crippen LogP contribution in [-0.2, 0) is 6.54 Å². The molecular weight excluding hydrogens is 326 g/mol. The number of halogens is 2. The molecule has 1 heterocycles. The first-order valence-corrected chi connectivity index (χ1v) is 6.96. The van der Waals surface area contributed by atoms with E-state index in [9.17, 15) is 0 Å². The molecule has 2 aromatic carbocycles. The summed E-state index contributed by atoms with van der Waals surface area (Å²) in [7, 11) is 0. The second-order valence-corrected chi connectivity index (χ2v) is 5.67. The number of rotatable bonds is 2. The summed E-state index contributed by atoms with van der Waals surface area (Å²) in [4.78, 5) is 4.37. The van der Waals surface area contributed by atoms with E-state index in [2.05, 4.69) is 20.9 Å². The number of hydrogen-bond acceptors (Lipinski definition) is 2. The molecular formula is C14H11BrClN3. The zero-order chi connectivity index (χ0) is 13.4. The highest BCUT2D eigenvalue weighted by atomic mass is 79.9. The molecule has 0 radical (unpaired) electrons. The first kappa shape index (κ1) is 12.5. The largest absolute Gasteiger partial charge is 0.369 e. The molecule has 19 heavy (non-hydrogen) atoms. The highest BCUT2D eigenvalue weighted by Crippen LogP contribution is 2.23. The van der Waals surface area contributed by atoms with E-state index in [1.807, 2.05) is 47.0 Å². The summed E-state index contributed by atoms with van der Waals surface area (Å²) in [6, 6.07) is 13.7. The summed E-state index contributed by atoms with van der Waals surface area (Å²) in [6.07, 6.45) is 0. The number of nitrogen functional groups attached to an aromatic ring is 1. The normalized spacial score (nSPS) is 11.1. The summed E-state index contributed by atoms with van der Waals surface area (Å²) in [5, 5.41) is 0.725. The Morgan fingerprint density at radius 2 is 2.05 bits per heavy atom. The maximum absolute atomic E-state index is 6.00. The third-order valence-electron chi connectivity index (χ3n) is 2.97. The van der Waals surface area contributed by atoms with E-state index < -0.39 is 0 Å². The Kier molecular flexibility index (Phi) is 3.21. The fourth-order valence-corrected chi connectivity index (χ4v) is 2.67. The number of benzene rings is 2. The molecule has 2 N–H and O–H groups in total. The predicted molar refractivity (Wildman–Crippen MR) is 82.4 cm³/mol. The van der Waals surface area contributed by atoms with Gasteiger partial charge in [-0.05, 0) is 35.9 Å². The third-order valence-corrected chi connectivity index (χ3v) is 3.70. The number of hydrogen-bond donors (Lipinski definition) is 1. The molecule has 0 aliphatic heterocycles. The Morgan fingerprint density at radius 1 is 1.21 bits per heavy atom. The highest BCUT2D eigenvalue weighted by Gasteiger charge is 2.09. The van der Waals surface area contributed by atoms with Gasteiger partial charge in [-0.3, -0.25) is 0 Å². The van der Waals surface area contributed by atoms with Crippen LogP contribution in [0.5, 0.6) is 0 Å². The van der Waals surface area contributed by atoms with E-state index in [1.165, 1.54) is 0 Å². The lowest BCUT2D eigenvalue weighted by Gasteiger charge is -2.07. The maximum Gasteiger partial charge on any atom is 0.201 e. The molecule has 0 amide bonds. The molecule has 0 spiro atoms. The molecule has 0 saturated heterocycles. The van der Waals surface area contributed by atoms with Crippen molar-refractivity contribution in [1.82, 2.24) is 9.55 Å². The monoisotopic (exact) mass is 335 g/mol. The van der Waals surface area contributed by atoms with Crippen LogP contribution < -0.4 is 5.73 Å². The van der Waals surface area contributed by atoms with E-state index in [0.717, 1.165) is 26.1 Å². The second-order valence-electron chi connectivity index (χ2n) is 4.32. The topological polar surface area (TPSA) is 43.8 Å². The van der Waals surface area contributed by atoms with Gasteiger partial charge in [0.15, 0.2) is 0 Å². The molecule has 0 saturated carbocycles. The molecule has 3 aromatic rings.